The average Bonchev–Trinajstić information content (AvgIpc) is 2.36. The monoisotopic (exact) mass is 329 g/mol. The Hall–Kier alpha value is -0.450. The van der Waals surface area contributed by atoms with E-state index in [1.165, 1.54) is 6.07 Å². The first-order valence-corrected chi connectivity index (χ1v) is 7.74. The van der Waals surface area contributed by atoms with E-state index >= 15 is 0 Å². The molecule has 1 aromatic rings. The van der Waals surface area contributed by atoms with Gasteiger partial charge in [0.05, 0.1) is 6.61 Å². The summed E-state index contributed by atoms with van der Waals surface area (Å²) in [5.41, 5.74) is 1.03. The Morgan fingerprint density at radius 3 is 3.00 bits per heavy atom. The van der Waals surface area contributed by atoms with E-state index in [2.05, 4.69) is 28.2 Å². The van der Waals surface area contributed by atoms with E-state index in [0.717, 1.165) is 49.1 Å². The van der Waals surface area contributed by atoms with E-state index in [4.69, 9.17) is 4.74 Å². The highest BCUT2D eigenvalue weighted by Gasteiger charge is 2.25. The lowest BCUT2D eigenvalue weighted by Gasteiger charge is -2.32. The molecule has 19 heavy (non-hydrogen) atoms. The topological polar surface area (TPSA) is 21.3 Å². The fourth-order valence-electron chi connectivity index (χ4n) is 2.63. The lowest BCUT2D eigenvalue weighted by atomic mass is 9.89. The Morgan fingerprint density at radius 2 is 2.26 bits per heavy atom. The van der Waals surface area contributed by atoms with Crippen LogP contribution in [0.3, 0.4) is 0 Å². The standard InChI is InChI=1S/C15H21BrFNO/c1-2-4-18-15-3-5-19-10-12(15)6-11-7-13(16)9-14(17)8-11/h7-9,12,15,18H,2-6,10H2,1H3. The largest absolute Gasteiger partial charge is 0.381 e. The van der Waals surface area contributed by atoms with Gasteiger partial charge in [-0.1, -0.05) is 22.9 Å². The Kier molecular flexibility index (Phi) is 5.79. The van der Waals surface area contributed by atoms with Crippen LogP contribution in [0.2, 0.25) is 0 Å². The lowest BCUT2D eigenvalue weighted by molar-refractivity contribution is 0.0322. The summed E-state index contributed by atoms with van der Waals surface area (Å²) in [6, 6.07) is 5.59. The van der Waals surface area contributed by atoms with E-state index < -0.39 is 0 Å². The molecule has 0 aromatic heterocycles. The summed E-state index contributed by atoms with van der Waals surface area (Å²) in [5, 5.41) is 3.59. The lowest BCUT2D eigenvalue weighted by Crippen LogP contribution is -2.44. The molecule has 1 aliphatic heterocycles. The summed E-state index contributed by atoms with van der Waals surface area (Å²) in [6.45, 7) is 4.79. The number of benzene rings is 1. The molecular formula is C15H21BrFNO. The summed E-state index contributed by atoms with van der Waals surface area (Å²) in [6.07, 6.45) is 3.04. The van der Waals surface area contributed by atoms with Crippen LogP contribution in [0.4, 0.5) is 4.39 Å². The first-order chi connectivity index (χ1) is 9.19. The minimum Gasteiger partial charge on any atom is -0.381 e. The SMILES string of the molecule is CCCNC1CCOCC1Cc1cc(F)cc(Br)c1. The van der Waals surface area contributed by atoms with Crippen molar-refractivity contribution in [1.29, 1.82) is 0 Å². The maximum absolute atomic E-state index is 13.4. The highest BCUT2D eigenvalue weighted by atomic mass is 79.9. The van der Waals surface area contributed by atoms with Crippen LogP contribution in [-0.2, 0) is 11.2 Å². The number of hydrogen-bond acceptors (Lipinski definition) is 2. The predicted molar refractivity (Wildman–Crippen MR) is 78.8 cm³/mol. The van der Waals surface area contributed by atoms with Crippen LogP contribution in [0.15, 0.2) is 22.7 Å². The van der Waals surface area contributed by atoms with Crippen molar-refractivity contribution in [3.05, 3.63) is 34.1 Å². The summed E-state index contributed by atoms with van der Waals surface area (Å²) in [5.74, 6) is 0.244. The third-order valence-electron chi connectivity index (χ3n) is 3.55. The van der Waals surface area contributed by atoms with Gasteiger partial charge in [-0.3, -0.25) is 0 Å². The van der Waals surface area contributed by atoms with Crippen molar-refractivity contribution in [3.63, 3.8) is 0 Å². The van der Waals surface area contributed by atoms with Crippen molar-refractivity contribution in [2.24, 2.45) is 5.92 Å². The van der Waals surface area contributed by atoms with Gasteiger partial charge < -0.3 is 10.1 Å². The Balaban J connectivity index is 2.01. The highest BCUT2D eigenvalue weighted by molar-refractivity contribution is 9.10. The molecule has 2 nitrogen and oxygen atoms in total. The molecule has 2 unspecified atom stereocenters. The molecule has 1 fully saturated rings. The van der Waals surface area contributed by atoms with E-state index in [1.807, 2.05) is 6.07 Å². The van der Waals surface area contributed by atoms with Crippen molar-refractivity contribution in [2.45, 2.75) is 32.2 Å². The van der Waals surface area contributed by atoms with Gasteiger partial charge in [-0.2, -0.15) is 0 Å². The van der Waals surface area contributed by atoms with Crippen LogP contribution in [0.25, 0.3) is 0 Å². The van der Waals surface area contributed by atoms with Crippen LogP contribution in [0, 0.1) is 11.7 Å². The van der Waals surface area contributed by atoms with Gasteiger partial charge in [-0.25, -0.2) is 4.39 Å². The second-order valence-electron chi connectivity index (χ2n) is 5.17. The molecule has 0 spiro atoms. The molecule has 0 amide bonds. The van der Waals surface area contributed by atoms with E-state index in [1.54, 1.807) is 6.07 Å². The Bertz CT molecular complexity index is 393. The molecule has 1 aliphatic rings. The fraction of sp³-hybridized carbons (Fsp3) is 0.600. The van der Waals surface area contributed by atoms with Gasteiger partial charge in [0.1, 0.15) is 5.82 Å². The molecule has 0 bridgehead atoms. The van der Waals surface area contributed by atoms with Gasteiger partial charge in [0.25, 0.3) is 0 Å². The number of hydrogen-bond donors (Lipinski definition) is 1. The molecule has 1 N–H and O–H groups in total. The maximum Gasteiger partial charge on any atom is 0.124 e. The molecule has 4 heteroatoms. The summed E-state index contributed by atoms with van der Waals surface area (Å²) < 4.78 is 19.8. The van der Waals surface area contributed by atoms with Crippen LogP contribution in [-0.4, -0.2) is 25.8 Å². The molecule has 1 aromatic carbocycles. The molecule has 2 rings (SSSR count). The van der Waals surface area contributed by atoms with Crippen molar-refractivity contribution in [3.8, 4) is 0 Å². The first kappa shape index (κ1) is 14.9. The second-order valence-corrected chi connectivity index (χ2v) is 6.08. The number of rotatable bonds is 5. The molecule has 2 atom stereocenters. The normalized spacial score (nSPS) is 23.5. The van der Waals surface area contributed by atoms with Crippen LogP contribution < -0.4 is 5.32 Å². The molecule has 106 valence electrons. The van der Waals surface area contributed by atoms with Crippen molar-refractivity contribution in [1.82, 2.24) is 5.32 Å². The molecule has 1 saturated heterocycles. The molecule has 1 heterocycles. The minimum absolute atomic E-state index is 0.181. The summed E-state index contributed by atoms with van der Waals surface area (Å²) in [4.78, 5) is 0. The zero-order valence-electron chi connectivity index (χ0n) is 11.3. The van der Waals surface area contributed by atoms with Gasteiger partial charge in [0, 0.05) is 23.0 Å². The van der Waals surface area contributed by atoms with Gasteiger partial charge >= 0.3 is 0 Å². The number of halogens is 2. The minimum atomic E-state index is -0.181. The second kappa shape index (κ2) is 7.36. The van der Waals surface area contributed by atoms with Crippen LogP contribution in [0.1, 0.15) is 25.3 Å². The number of nitrogens with one attached hydrogen (secondary N) is 1. The van der Waals surface area contributed by atoms with Crippen LogP contribution >= 0.6 is 15.9 Å². The highest BCUT2D eigenvalue weighted by Crippen LogP contribution is 2.22. The summed E-state index contributed by atoms with van der Waals surface area (Å²) in [7, 11) is 0. The maximum atomic E-state index is 13.4. The first-order valence-electron chi connectivity index (χ1n) is 6.95. The predicted octanol–water partition coefficient (Wildman–Crippen LogP) is 3.54. The van der Waals surface area contributed by atoms with E-state index in [0.29, 0.717) is 12.0 Å². The number of ether oxygens (including phenoxy) is 1. The molecular weight excluding hydrogens is 309 g/mol. The van der Waals surface area contributed by atoms with Gasteiger partial charge in [-0.05, 0) is 49.6 Å². The molecule has 0 saturated carbocycles. The van der Waals surface area contributed by atoms with Gasteiger partial charge in [0.2, 0.25) is 0 Å². The van der Waals surface area contributed by atoms with E-state index in [-0.39, 0.29) is 5.82 Å². The average molecular weight is 330 g/mol. The van der Waals surface area contributed by atoms with Crippen LogP contribution in [0.5, 0.6) is 0 Å². The Labute approximate surface area is 122 Å². The molecule has 0 radical (unpaired) electrons. The molecule has 0 aliphatic carbocycles. The summed E-state index contributed by atoms with van der Waals surface area (Å²) >= 11 is 3.35. The van der Waals surface area contributed by atoms with Crippen molar-refractivity contribution in [2.75, 3.05) is 19.8 Å². The smallest absolute Gasteiger partial charge is 0.124 e. The zero-order valence-corrected chi connectivity index (χ0v) is 12.9. The quantitative estimate of drug-likeness (QED) is 0.892. The van der Waals surface area contributed by atoms with Gasteiger partial charge in [0.15, 0.2) is 0 Å². The van der Waals surface area contributed by atoms with Gasteiger partial charge in [-0.15, -0.1) is 0 Å². The third-order valence-corrected chi connectivity index (χ3v) is 4.01. The third kappa shape index (κ3) is 4.55. The van der Waals surface area contributed by atoms with Crippen molar-refractivity contribution >= 4 is 15.9 Å². The van der Waals surface area contributed by atoms with E-state index in [9.17, 15) is 4.39 Å². The Morgan fingerprint density at radius 1 is 1.42 bits per heavy atom. The fourth-order valence-corrected chi connectivity index (χ4v) is 3.14. The zero-order chi connectivity index (χ0) is 13.7. The van der Waals surface area contributed by atoms with Crippen molar-refractivity contribution < 1.29 is 9.13 Å².